The maximum absolute atomic E-state index is 11.8. The molecule has 0 saturated carbocycles. The molecular formula is C22H23NO3. The van der Waals surface area contributed by atoms with Gasteiger partial charge in [-0.25, -0.2) is 0 Å². The average Bonchev–Trinajstić information content (AvgIpc) is 3.14. The molecule has 1 amide bonds. The number of benzene rings is 2. The number of amides is 1. The maximum atomic E-state index is 11.8. The molecule has 26 heavy (non-hydrogen) atoms. The normalized spacial score (nSPS) is 12.8. The summed E-state index contributed by atoms with van der Waals surface area (Å²) in [5.74, 6) is 1.45. The summed E-state index contributed by atoms with van der Waals surface area (Å²) in [6.07, 6.45) is 10.1. The fraction of sp³-hybridized carbons (Fsp3) is 0.227. The fourth-order valence-electron chi connectivity index (χ4n) is 2.70. The first-order valence-corrected chi connectivity index (χ1v) is 8.87. The number of nitrogens with one attached hydrogen (secondary N) is 1. The monoisotopic (exact) mass is 349 g/mol. The second kappa shape index (κ2) is 9.47. The number of aryl methyl sites for hydroxylation is 1. The summed E-state index contributed by atoms with van der Waals surface area (Å²) in [5.41, 5.74) is 2.34. The van der Waals surface area contributed by atoms with Crippen LogP contribution in [0.4, 0.5) is 0 Å². The lowest BCUT2D eigenvalue weighted by molar-refractivity contribution is -0.116. The van der Waals surface area contributed by atoms with Crippen molar-refractivity contribution in [3.05, 3.63) is 77.9 Å². The molecule has 2 aromatic carbocycles. The summed E-state index contributed by atoms with van der Waals surface area (Å²) >= 11 is 0. The summed E-state index contributed by atoms with van der Waals surface area (Å²) in [5, 5.41) is 2.91. The second-order valence-corrected chi connectivity index (χ2v) is 6.06. The van der Waals surface area contributed by atoms with Crippen LogP contribution in [0.1, 0.15) is 24.0 Å². The number of carbonyl (C=O) groups excluding carboxylic acids is 1. The third kappa shape index (κ3) is 5.52. The zero-order valence-electron chi connectivity index (χ0n) is 14.7. The van der Waals surface area contributed by atoms with Crippen LogP contribution in [-0.2, 0) is 11.2 Å². The minimum absolute atomic E-state index is 0.0694. The van der Waals surface area contributed by atoms with Crippen molar-refractivity contribution in [2.75, 3.05) is 13.3 Å². The maximum Gasteiger partial charge on any atom is 0.243 e. The number of ether oxygens (including phenoxy) is 2. The van der Waals surface area contributed by atoms with Crippen molar-refractivity contribution in [3.8, 4) is 11.5 Å². The Hall–Kier alpha value is -3.01. The van der Waals surface area contributed by atoms with Crippen molar-refractivity contribution >= 4 is 12.0 Å². The number of carbonyl (C=O) groups is 1. The van der Waals surface area contributed by atoms with Gasteiger partial charge >= 0.3 is 0 Å². The van der Waals surface area contributed by atoms with Gasteiger partial charge in [-0.05, 0) is 42.5 Å². The van der Waals surface area contributed by atoms with Gasteiger partial charge in [-0.3, -0.25) is 4.79 Å². The minimum atomic E-state index is -0.0694. The highest BCUT2D eigenvalue weighted by Crippen LogP contribution is 2.32. The molecular weight excluding hydrogens is 326 g/mol. The van der Waals surface area contributed by atoms with E-state index in [9.17, 15) is 4.79 Å². The van der Waals surface area contributed by atoms with E-state index < -0.39 is 0 Å². The summed E-state index contributed by atoms with van der Waals surface area (Å²) in [7, 11) is 0. The van der Waals surface area contributed by atoms with Crippen LogP contribution in [-0.4, -0.2) is 19.2 Å². The van der Waals surface area contributed by atoms with Gasteiger partial charge in [0.2, 0.25) is 12.7 Å². The third-order valence-electron chi connectivity index (χ3n) is 4.08. The molecule has 134 valence electrons. The Morgan fingerprint density at radius 2 is 1.85 bits per heavy atom. The van der Waals surface area contributed by atoms with Crippen LogP contribution in [0.25, 0.3) is 6.08 Å². The van der Waals surface area contributed by atoms with Gasteiger partial charge in [0.1, 0.15) is 0 Å². The van der Waals surface area contributed by atoms with Crippen LogP contribution in [0, 0.1) is 0 Å². The summed E-state index contributed by atoms with van der Waals surface area (Å²) in [4.78, 5) is 11.8. The molecule has 4 nitrogen and oxygen atoms in total. The number of unbranched alkanes of at least 4 members (excludes halogenated alkanes) is 1. The summed E-state index contributed by atoms with van der Waals surface area (Å²) < 4.78 is 10.6. The van der Waals surface area contributed by atoms with E-state index >= 15 is 0 Å². The topological polar surface area (TPSA) is 47.6 Å². The first-order chi connectivity index (χ1) is 12.8. The SMILES string of the molecule is O=C(/C=C/C=C/c1ccc2c(c1)OCO2)NCCCCc1ccccc1. The van der Waals surface area contributed by atoms with Gasteiger partial charge in [-0.1, -0.05) is 54.6 Å². The Bertz CT molecular complexity index is 781. The Morgan fingerprint density at radius 1 is 1.00 bits per heavy atom. The average molecular weight is 349 g/mol. The largest absolute Gasteiger partial charge is 0.454 e. The van der Waals surface area contributed by atoms with Crippen LogP contribution in [0.2, 0.25) is 0 Å². The standard InChI is InChI=1S/C22H23NO3/c24-22(23-15-7-6-10-18-8-2-1-3-9-18)12-5-4-11-19-13-14-20-21(16-19)26-17-25-20/h1-5,8-9,11-14,16H,6-7,10,15,17H2,(H,23,24)/b11-4+,12-5+. The second-order valence-electron chi connectivity index (χ2n) is 6.06. The Kier molecular flexibility index (Phi) is 6.48. The predicted octanol–water partition coefficient (Wildman–Crippen LogP) is 4.12. The molecule has 0 radical (unpaired) electrons. The zero-order chi connectivity index (χ0) is 18.0. The molecule has 1 N–H and O–H groups in total. The van der Waals surface area contributed by atoms with E-state index in [1.165, 1.54) is 5.56 Å². The fourth-order valence-corrected chi connectivity index (χ4v) is 2.70. The molecule has 0 aromatic heterocycles. The lowest BCUT2D eigenvalue weighted by Gasteiger charge is -2.02. The van der Waals surface area contributed by atoms with Crippen LogP contribution in [0.3, 0.4) is 0 Å². The first kappa shape index (κ1) is 17.8. The summed E-state index contributed by atoms with van der Waals surface area (Å²) in [6.45, 7) is 0.968. The molecule has 2 aromatic rings. The van der Waals surface area contributed by atoms with Gasteiger partial charge in [-0.2, -0.15) is 0 Å². The number of hydrogen-bond donors (Lipinski definition) is 1. The van der Waals surface area contributed by atoms with Crippen molar-refractivity contribution in [2.45, 2.75) is 19.3 Å². The van der Waals surface area contributed by atoms with E-state index in [0.29, 0.717) is 6.54 Å². The molecule has 0 spiro atoms. The van der Waals surface area contributed by atoms with Crippen LogP contribution < -0.4 is 14.8 Å². The predicted molar refractivity (Wildman–Crippen MR) is 103 cm³/mol. The van der Waals surface area contributed by atoms with Gasteiger partial charge < -0.3 is 14.8 Å². The minimum Gasteiger partial charge on any atom is -0.454 e. The molecule has 0 atom stereocenters. The molecule has 0 bridgehead atoms. The van der Waals surface area contributed by atoms with Crippen LogP contribution in [0.15, 0.2) is 66.8 Å². The Balaban J connectivity index is 1.33. The third-order valence-corrected chi connectivity index (χ3v) is 4.08. The molecule has 3 rings (SSSR count). The highest BCUT2D eigenvalue weighted by Gasteiger charge is 2.11. The molecule has 1 aliphatic rings. The first-order valence-electron chi connectivity index (χ1n) is 8.87. The van der Waals surface area contributed by atoms with Crippen molar-refractivity contribution in [3.63, 3.8) is 0 Å². The van der Waals surface area contributed by atoms with Crippen LogP contribution >= 0.6 is 0 Å². The zero-order valence-corrected chi connectivity index (χ0v) is 14.7. The number of fused-ring (bicyclic) bond motifs is 1. The highest BCUT2D eigenvalue weighted by molar-refractivity contribution is 5.87. The number of allylic oxidation sites excluding steroid dienone is 2. The Morgan fingerprint density at radius 3 is 2.73 bits per heavy atom. The van der Waals surface area contributed by atoms with Gasteiger partial charge in [0.05, 0.1) is 0 Å². The molecule has 0 unspecified atom stereocenters. The molecule has 0 saturated heterocycles. The van der Waals surface area contributed by atoms with Crippen molar-refractivity contribution in [1.82, 2.24) is 5.32 Å². The number of hydrogen-bond acceptors (Lipinski definition) is 3. The molecule has 0 aliphatic carbocycles. The summed E-state index contributed by atoms with van der Waals surface area (Å²) in [6, 6.07) is 16.1. The van der Waals surface area contributed by atoms with E-state index in [2.05, 4.69) is 29.6 Å². The van der Waals surface area contributed by atoms with Crippen molar-refractivity contribution < 1.29 is 14.3 Å². The van der Waals surface area contributed by atoms with E-state index in [-0.39, 0.29) is 12.7 Å². The lowest BCUT2D eigenvalue weighted by Crippen LogP contribution is -2.22. The van der Waals surface area contributed by atoms with Gasteiger partial charge in [0.15, 0.2) is 11.5 Å². The van der Waals surface area contributed by atoms with Gasteiger partial charge in [0.25, 0.3) is 0 Å². The van der Waals surface area contributed by atoms with E-state index in [0.717, 1.165) is 36.3 Å². The van der Waals surface area contributed by atoms with Gasteiger partial charge in [-0.15, -0.1) is 0 Å². The van der Waals surface area contributed by atoms with Crippen molar-refractivity contribution in [1.29, 1.82) is 0 Å². The lowest BCUT2D eigenvalue weighted by atomic mass is 10.1. The Labute approximate surface area is 154 Å². The molecule has 0 fully saturated rings. The molecule has 1 heterocycles. The van der Waals surface area contributed by atoms with Gasteiger partial charge in [0, 0.05) is 12.6 Å². The number of rotatable bonds is 8. The van der Waals surface area contributed by atoms with E-state index in [4.69, 9.17) is 9.47 Å². The van der Waals surface area contributed by atoms with Crippen molar-refractivity contribution in [2.24, 2.45) is 0 Å². The molecule has 4 heteroatoms. The quantitative estimate of drug-likeness (QED) is 0.443. The van der Waals surface area contributed by atoms with E-state index in [1.807, 2.05) is 36.4 Å². The smallest absolute Gasteiger partial charge is 0.243 e. The van der Waals surface area contributed by atoms with Crippen LogP contribution in [0.5, 0.6) is 11.5 Å². The van der Waals surface area contributed by atoms with E-state index in [1.54, 1.807) is 12.2 Å². The highest BCUT2D eigenvalue weighted by atomic mass is 16.7. The molecule has 1 aliphatic heterocycles.